The third kappa shape index (κ3) is 7.63. The molecule has 0 radical (unpaired) electrons. The number of carboxylic acid groups (broad SMARTS) is 1. The van der Waals surface area contributed by atoms with Crippen molar-refractivity contribution in [3.05, 3.63) is 59.4 Å². The zero-order valence-corrected chi connectivity index (χ0v) is 19.3. The number of halogens is 4. The molecule has 0 aliphatic carbocycles. The summed E-state index contributed by atoms with van der Waals surface area (Å²) in [5.74, 6) is -0.314. The lowest BCUT2D eigenvalue weighted by molar-refractivity contribution is -0.664. The van der Waals surface area contributed by atoms with Crippen molar-refractivity contribution in [2.45, 2.75) is 45.0 Å². The Morgan fingerprint density at radius 2 is 1.79 bits per heavy atom. The van der Waals surface area contributed by atoms with E-state index in [9.17, 15) is 13.2 Å². The lowest BCUT2D eigenvalue weighted by Crippen LogP contribution is -2.86. The number of benzene rings is 2. The highest BCUT2D eigenvalue weighted by molar-refractivity contribution is 6.30. The van der Waals surface area contributed by atoms with Crippen molar-refractivity contribution in [2.75, 3.05) is 13.1 Å². The van der Waals surface area contributed by atoms with Crippen molar-refractivity contribution in [1.29, 1.82) is 0 Å². The highest BCUT2D eigenvalue weighted by Gasteiger charge is 2.28. The molecule has 1 aromatic heterocycles. The molecule has 0 bridgehead atoms. The molecule has 1 aliphatic rings. The number of nitrogens with zero attached hydrogens (tertiary/aromatic N) is 2. The number of aromatic nitrogens is 2. The van der Waals surface area contributed by atoms with Gasteiger partial charge in [0.05, 0.1) is 24.1 Å². The van der Waals surface area contributed by atoms with E-state index in [1.165, 1.54) is 44.3 Å². The number of ether oxygens (including phenoxy) is 1. The molecule has 34 heavy (non-hydrogen) atoms. The predicted octanol–water partition coefficient (Wildman–Crippen LogP) is 3.32. The number of fused-ring (bicyclic) bond motifs is 1. The van der Waals surface area contributed by atoms with Crippen molar-refractivity contribution < 1.29 is 33.1 Å². The number of para-hydroxylation sites is 2. The number of aryl methyl sites for hydroxylation is 1. The SMILES string of the molecule is Clc1ccc(OCc2nc3ccccc3n2CCCC2CC[NH2+]CC2)cc1.O=C([O-])C(F)(F)F. The van der Waals surface area contributed by atoms with Gasteiger partial charge in [0.1, 0.15) is 24.2 Å². The molecule has 0 saturated carbocycles. The molecule has 0 amide bonds. The van der Waals surface area contributed by atoms with Crippen LogP contribution in [0.15, 0.2) is 48.5 Å². The quantitative estimate of drug-likeness (QED) is 0.543. The lowest BCUT2D eigenvalue weighted by Gasteiger charge is -2.20. The van der Waals surface area contributed by atoms with Crippen LogP contribution in [0, 0.1) is 5.92 Å². The summed E-state index contributed by atoms with van der Waals surface area (Å²) < 4.78 is 39.8. The van der Waals surface area contributed by atoms with Gasteiger partial charge >= 0.3 is 6.18 Å². The molecule has 2 aromatic carbocycles. The van der Waals surface area contributed by atoms with Gasteiger partial charge in [-0.2, -0.15) is 13.2 Å². The molecular formula is C24H27ClF3N3O3. The second-order valence-electron chi connectivity index (χ2n) is 8.15. The van der Waals surface area contributed by atoms with Gasteiger partial charge in [-0.15, -0.1) is 0 Å². The normalized spacial score (nSPS) is 14.5. The maximum atomic E-state index is 10.5. The molecular weight excluding hydrogens is 471 g/mol. The van der Waals surface area contributed by atoms with Crippen LogP contribution in [0.5, 0.6) is 5.75 Å². The Morgan fingerprint density at radius 1 is 1.15 bits per heavy atom. The number of imidazole rings is 1. The van der Waals surface area contributed by atoms with Gasteiger partial charge in [0.15, 0.2) is 0 Å². The topological polar surface area (TPSA) is 83.8 Å². The first-order valence-electron chi connectivity index (χ1n) is 11.2. The molecule has 2 N–H and O–H groups in total. The fraction of sp³-hybridized carbons (Fsp3) is 0.417. The Hall–Kier alpha value is -2.78. The van der Waals surface area contributed by atoms with Gasteiger partial charge in [0.2, 0.25) is 0 Å². The van der Waals surface area contributed by atoms with Crippen molar-refractivity contribution in [1.82, 2.24) is 9.55 Å². The minimum Gasteiger partial charge on any atom is -0.542 e. The van der Waals surface area contributed by atoms with E-state index in [1.54, 1.807) is 0 Å². The van der Waals surface area contributed by atoms with Gasteiger partial charge in [-0.05, 0) is 68.0 Å². The minimum absolute atomic E-state index is 0.467. The van der Waals surface area contributed by atoms with E-state index < -0.39 is 12.1 Å². The molecule has 4 rings (SSSR count). The smallest absolute Gasteiger partial charge is 0.430 e. The largest absolute Gasteiger partial charge is 0.542 e. The molecule has 0 atom stereocenters. The highest BCUT2D eigenvalue weighted by Crippen LogP contribution is 2.22. The highest BCUT2D eigenvalue weighted by atomic mass is 35.5. The van der Waals surface area contributed by atoms with Gasteiger partial charge in [-0.3, -0.25) is 0 Å². The number of hydrogen-bond acceptors (Lipinski definition) is 4. The monoisotopic (exact) mass is 497 g/mol. The first kappa shape index (κ1) is 25.8. The van der Waals surface area contributed by atoms with Crippen LogP contribution in [0.3, 0.4) is 0 Å². The molecule has 2 heterocycles. The third-order valence-corrected chi connectivity index (χ3v) is 5.95. The van der Waals surface area contributed by atoms with Gasteiger partial charge in [-0.25, -0.2) is 4.98 Å². The Bertz CT molecular complexity index is 1060. The Labute approximate surface area is 200 Å². The maximum absolute atomic E-state index is 10.5. The summed E-state index contributed by atoms with van der Waals surface area (Å²) in [6.45, 7) is 4.05. The molecule has 1 saturated heterocycles. The summed E-state index contributed by atoms with van der Waals surface area (Å²) in [5.41, 5.74) is 2.24. The minimum atomic E-state index is -5.19. The van der Waals surface area contributed by atoms with Gasteiger partial charge < -0.3 is 24.5 Å². The number of quaternary nitrogens is 1. The fourth-order valence-electron chi connectivity index (χ4n) is 3.99. The number of carbonyl (C=O) groups is 1. The van der Waals surface area contributed by atoms with E-state index in [0.29, 0.717) is 6.61 Å². The standard InChI is InChI=1S/C22H26ClN3O.C2HF3O2/c23-18-7-9-19(10-8-18)27-16-22-25-20-5-1-2-6-21(20)26(22)15-3-4-17-11-13-24-14-12-17;3-2(4,5)1(6)7/h1-2,5-10,17,24H,3-4,11-16H2;(H,6,7). The Balaban J connectivity index is 0.000000406. The van der Waals surface area contributed by atoms with Gasteiger partial charge in [0, 0.05) is 11.6 Å². The van der Waals surface area contributed by atoms with E-state index >= 15 is 0 Å². The van der Waals surface area contributed by atoms with E-state index in [-0.39, 0.29) is 0 Å². The second kappa shape index (κ2) is 12.1. The van der Waals surface area contributed by atoms with Crippen LogP contribution in [0.2, 0.25) is 5.02 Å². The first-order valence-corrected chi connectivity index (χ1v) is 11.5. The van der Waals surface area contributed by atoms with Crippen LogP contribution in [-0.4, -0.2) is 34.8 Å². The number of carbonyl (C=O) groups excluding carboxylic acids is 1. The number of alkyl halides is 3. The summed E-state index contributed by atoms with van der Waals surface area (Å²) >= 11 is 5.95. The molecule has 0 unspecified atom stereocenters. The zero-order valence-electron chi connectivity index (χ0n) is 18.6. The number of aliphatic carboxylic acids is 1. The average Bonchev–Trinajstić information content (AvgIpc) is 3.17. The molecule has 184 valence electrons. The third-order valence-electron chi connectivity index (χ3n) is 5.70. The van der Waals surface area contributed by atoms with E-state index in [4.69, 9.17) is 31.2 Å². The van der Waals surface area contributed by atoms with Crippen LogP contribution in [-0.2, 0) is 17.9 Å². The van der Waals surface area contributed by atoms with Crippen molar-refractivity contribution in [3.8, 4) is 5.75 Å². The number of piperidine rings is 1. The van der Waals surface area contributed by atoms with Crippen LogP contribution in [0.25, 0.3) is 11.0 Å². The van der Waals surface area contributed by atoms with Crippen molar-refractivity contribution in [2.24, 2.45) is 5.92 Å². The number of nitrogens with two attached hydrogens (primary N) is 1. The molecule has 10 heteroatoms. The predicted molar refractivity (Wildman–Crippen MR) is 120 cm³/mol. The second-order valence-corrected chi connectivity index (χ2v) is 8.58. The summed E-state index contributed by atoms with van der Waals surface area (Å²) in [4.78, 5) is 13.6. The molecule has 1 aliphatic heterocycles. The number of hydrogen-bond donors (Lipinski definition) is 1. The van der Waals surface area contributed by atoms with E-state index in [0.717, 1.165) is 34.6 Å². The van der Waals surface area contributed by atoms with E-state index in [1.807, 2.05) is 30.3 Å². The van der Waals surface area contributed by atoms with Crippen molar-refractivity contribution in [3.63, 3.8) is 0 Å². The number of rotatable bonds is 7. The maximum Gasteiger partial charge on any atom is 0.430 e. The van der Waals surface area contributed by atoms with Crippen molar-refractivity contribution >= 4 is 28.6 Å². The molecule has 0 spiro atoms. The zero-order chi connectivity index (χ0) is 24.6. The Kier molecular flexibility index (Phi) is 9.18. The van der Waals surface area contributed by atoms with Gasteiger partial charge in [-0.1, -0.05) is 23.7 Å². The summed E-state index contributed by atoms with van der Waals surface area (Å²) in [6, 6.07) is 15.9. The summed E-state index contributed by atoms with van der Waals surface area (Å²) in [6.07, 6.45) is 0.0191. The van der Waals surface area contributed by atoms with Crippen LogP contribution >= 0.6 is 11.6 Å². The first-order chi connectivity index (χ1) is 16.2. The van der Waals surface area contributed by atoms with Gasteiger partial charge in [0.25, 0.3) is 0 Å². The summed E-state index contributed by atoms with van der Waals surface area (Å²) in [5, 5.41) is 11.9. The molecule has 1 fully saturated rings. The molecule has 3 aromatic rings. The van der Waals surface area contributed by atoms with Crippen LogP contribution in [0.4, 0.5) is 13.2 Å². The van der Waals surface area contributed by atoms with E-state index in [2.05, 4.69) is 28.1 Å². The number of carboxylic acids is 1. The lowest BCUT2D eigenvalue weighted by atomic mass is 9.93. The Morgan fingerprint density at radius 3 is 2.44 bits per heavy atom. The van der Waals surface area contributed by atoms with Crippen LogP contribution in [0.1, 0.15) is 31.5 Å². The fourth-order valence-corrected chi connectivity index (χ4v) is 4.11. The molecule has 6 nitrogen and oxygen atoms in total. The van der Waals surface area contributed by atoms with Crippen LogP contribution < -0.4 is 15.2 Å². The summed E-state index contributed by atoms with van der Waals surface area (Å²) in [7, 11) is 0. The average molecular weight is 498 g/mol.